The van der Waals surface area contributed by atoms with Crippen LogP contribution < -0.4 is 10.5 Å². The first kappa shape index (κ1) is 14.5. The van der Waals surface area contributed by atoms with Gasteiger partial charge in [0, 0.05) is 18.7 Å². The van der Waals surface area contributed by atoms with Crippen LogP contribution in [0.4, 0.5) is 0 Å². The molecule has 0 unspecified atom stereocenters. The fourth-order valence-electron chi connectivity index (χ4n) is 1.49. The summed E-state index contributed by atoms with van der Waals surface area (Å²) >= 11 is 0. The van der Waals surface area contributed by atoms with E-state index in [4.69, 9.17) is 10.5 Å². The molecule has 1 rings (SSSR count). The van der Waals surface area contributed by atoms with Crippen LogP contribution >= 0.6 is 0 Å². The van der Waals surface area contributed by atoms with E-state index in [2.05, 4.69) is 4.74 Å². The normalized spacial score (nSPS) is 10.4. The Labute approximate surface area is 107 Å². The molecule has 0 fully saturated rings. The first-order chi connectivity index (χ1) is 8.67. The molecule has 0 aliphatic rings. The molecule has 0 aromatic heterocycles. The van der Waals surface area contributed by atoms with Gasteiger partial charge in [-0.25, -0.2) is 0 Å². The van der Waals surface area contributed by atoms with Crippen molar-refractivity contribution in [1.82, 2.24) is 4.90 Å². The van der Waals surface area contributed by atoms with Crippen molar-refractivity contribution in [2.45, 2.75) is 6.54 Å². The Morgan fingerprint density at radius 3 is 2.78 bits per heavy atom. The third kappa shape index (κ3) is 4.73. The average molecular weight is 252 g/mol. The molecule has 0 aliphatic heterocycles. The fraction of sp³-hybridized carbons (Fsp3) is 0.462. The Hall–Kier alpha value is -1.59. The maximum Gasteiger partial charge on any atom is 0.319 e. The molecule has 5 nitrogen and oxygen atoms in total. The summed E-state index contributed by atoms with van der Waals surface area (Å²) in [6.45, 7) is 1.87. The molecule has 0 heterocycles. The number of para-hydroxylation sites is 1. The van der Waals surface area contributed by atoms with Crippen molar-refractivity contribution < 1.29 is 14.3 Å². The number of carbonyl (C=O) groups excluding carboxylic acids is 1. The van der Waals surface area contributed by atoms with E-state index in [1.165, 1.54) is 7.11 Å². The van der Waals surface area contributed by atoms with Crippen LogP contribution in [-0.2, 0) is 16.1 Å². The molecule has 0 saturated heterocycles. The second-order valence-electron chi connectivity index (χ2n) is 3.97. The van der Waals surface area contributed by atoms with Crippen molar-refractivity contribution in [2.75, 3.05) is 33.9 Å². The molecule has 100 valence electrons. The van der Waals surface area contributed by atoms with Crippen molar-refractivity contribution >= 4 is 5.97 Å². The lowest BCUT2D eigenvalue weighted by Crippen LogP contribution is -2.30. The standard InChI is InChI=1S/C13H20N2O3/c1-15(10-13(16)17-2)7-8-18-12-6-4-3-5-11(12)9-14/h3-6H,7-10,14H2,1-2H3. The molecular weight excluding hydrogens is 232 g/mol. The molecule has 2 N–H and O–H groups in total. The fourth-order valence-corrected chi connectivity index (χ4v) is 1.49. The Kier molecular flexibility index (Phi) is 6.18. The number of methoxy groups -OCH3 is 1. The molecule has 0 spiro atoms. The van der Waals surface area contributed by atoms with Gasteiger partial charge in [0.2, 0.25) is 0 Å². The van der Waals surface area contributed by atoms with Crippen molar-refractivity contribution in [3.63, 3.8) is 0 Å². The first-order valence-corrected chi connectivity index (χ1v) is 5.83. The van der Waals surface area contributed by atoms with E-state index in [1.54, 1.807) is 0 Å². The van der Waals surface area contributed by atoms with E-state index in [1.807, 2.05) is 36.2 Å². The second kappa shape index (κ2) is 7.68. The minimum absolute atomic E-state index is 0.250. The monoisotopic (exact) mass is 252 g/mol. The number of nitrogens with zero attached hydrogens (tertiary/aromatic N) is 1. The number of carbonyl (C=O) groups is 1. The van der Waals surface area contributed by atoms with Crippen LogP contribution in [0.3, 0.4) is 0 Å². The highest BCUT2D eigenvalue weighted by molar-refractivity contribution is 5.71. The summed E-state index contributed by atoms with van der Waals surface area (Å²) in [6, 6.07) is 7.67. The number of hydrogen-bond donors (Lipinski definition) is 1. The largest absolute Gasteiger partial charge is 0.492 e. The van der Waals surface area contributed by atoms with Gasteiger partial charge in [-0.15, -0.1) is 0 Å². The van der Waals surface area contributed by atoms with Crippen LogP contribution in [0.2, 0.25) is 0 Å². The maximum absolute atomic E-state index is 11.0. The van der Waals surface area contributed by atoms with Gasteiger partial charge in [-0.3, -0.25) is 9.69 Å². The van der Waals surface area contributed by atoms with Crippen LogP contribution in [0.15, 0.2) is 24.3 Å². The van der Waals surface area contributed by atoms with Crippen molar-refractivity contribution in [3.8, 4) is 5.75 Å². The van der Waals surface area contributed by atoms with Gasteiger partial charge in [0.1, 0.15) is 12.4 Å². The van der Waals surface area contributed by atoms with Gasteiger partial charge in [-0.05, 0) is 13.1 Å². The van der Waals surface area contributed by atoms with Crippen LogP contribution in [-0.4, -0.2) is 44.7 Å². The number of hydrogen-bond acceptors (Lipinski definition) is 5. The van der Waals surface area contributed by atoms with Crippen LogP contribution in [0.25, 0.3) is 0 Å². The topological polar surface area (TPSA) is 64.8 Å². The van der Waals surface area contributed by atoms with E-state index in [0.717, 1.165) is 11.3 Å². The third-order valence-electron chi connectivity index (χ3n) is 2.55. The van der Waals surface area contributed by atoms with Gasteiger partial charge >= 0.3 is 5.97 Å². The van der Waals surface area contributed by atoms with Crippen molar-refractivity contribution in [1.29, 1.82) is 0 Å². The molecule has 0 bridgehead atoms. The molecule has 0 saturated carbocycles. The Balaban J connectivity index is 2.35. The molecule has 0 radical (unpaired) electrons. The van der Waals surface area contributed by atoms with Crippen LogP contribution in [0.5, 0.6) is 5.75 Å². The minimum Gasteiger partial charge on any atom is -0.492 e. The smallest absolute Gasteiger partial charge is 0.319 e. The summed E-state index contributed by atoms with van der Waals surface area (Å²) in [5, 5.41) is 0. The molecule has 1 aromatic carbocycles. The zero-order valence-corrected chi connectivity index (χ0v) is 10.9. The van der Waals surface area contributed by atoms with Gasteiger partial charge in [0.05, 0.1) is 13.7 Å². The summed E-state index contributed by atoms with van der Waals surface area (Å²) < 4.78 is 10.2. The number of benzene rings is 1. The van der Waals surface area contributed by atoms with Gasteiger partial charge in [0.15, 0.2) is 0 Å². The summed E-state index contributed by atoms with van der Waals surface area (Å²) in [5.74, 6) is 0.548. The highest BCUT2D eigenvalue weighted by Gasteiger charge is 2.06. The van der Waals surface area contributed by atoms with Crippen LogP contribution in [0.1, 0.15) is 5.56 Å². The first-order valence-electron chi connectivity index (χ1n) is 5.83. The van der Waals surface area contributed by atoms with E-state index < -0.39 is 0 Å². The quantitative estimate of drug-likeness (QED) is 0.721. The summed E-state index contributed by atoms with van der Waals surface area (Å²) in [6.07, 6.45) is 0. The lowest BCUT2D eigenvalue weighted by molar-refractivity contribution is -0.141. The Morgan fingerprint density at radius 2 is 2.11 bits per heavy atom. The lowest BCUT2D eigenvalue weighted by atomic mass is 10.2. The molecular formula is C13H20N2O3. The van der Waals surface area contributed by atoms with Gasteiger partial charge in [-0.2, -0.15) is 0 Å². The molecule has 18 heavy (non-hydrogen) atoms. The highest BCUT2D eigenvalue weighted by Crippen LogP contribution is 2.16. The second-order valence-corrected chi connectivity index (χ2v) is 3.97. The highest BCUT2D eigenvalue weighted by atomic mass is 16.5. The lowest BCUT2D eigenvalue weighted by Gasteiger charge is -2.16. The Morgan fingerprint density at radius 1 is 1.39 bits per heavy atom. The van der Waals surface area contributed by atoms with E-state index >= 15 is 0 Å². The van der Waals surface area contributed by atoms with Crippen molar-refractivity contribution in [3.05, 3.63) is 29.8 Å². The van der Waals surface area contributed by atoms with E-state index in [9.17, 15) is 4.79 Å². The summed E-state index contributed by atoms with van der Waals surface area (Å²) in [5.41, 5.74) is 6.59. The minimum atomic E-state index is -0.250. The molecule has 5 heteroatoms. The zero-order chi connectivity index (χ0) is 13.4. The van der Waals surface area contributed by atoms with E-state index in [-0.39, 0.29) is 12.5 Å². The summed E-state index contributed by atoms with van der Waals surface area (Å²) in [7, 11) is 3.22. The number of nitrogens with two attached hydrogens (primary N) is 1. The third-order valence-corrected chi connectivity index (χ3v) is 2.55. The molecule has 0 aliphatic carbocycles. The summed E-state index contributed by atoms with van der Waals surface area (Å²) in [4.78, 5) is 12.9. The van der Waals surface area contributed by atoms with Gasteiger partial charge < -0.3 is 15.2 Å². The zero-order valence-electron chi connectivity index (χ0n) is 10.9. The number of ether oxygens (including phenoxy) is 2. The Bertz CT molecular complexity index is 382. The SMILES string of the molecule is COC(=O)CN(C)CCOc1ccccc1CN. The maximum atomic E-state index is 11.0. The predicted octanol–water partition coefficient (Wildman–Crippen LogP) is 0.629. The molecule has 1 aromatic rings. The number of likely N-dealkylation sites (N-methyl/N-ethyl adjacent to an activating group) is 1. The number of rotatable bonds is 7. The van der Waals surface area contributed by atoms with Crippen LogP contribution in [0, 0.1) is 0 Å². The average Bonchev–Trinajstić information content (AvgIpc) is 2.39. The van der Waals surface area contributed by atoms with E-state index in [0.29, 0.717) is 19.7 Å². The van der Waals surface area contributed by atoms with Gasteiger partial charge in [0.25, 0.3) is 0 Å². The van der Waals surface area contributed by atoms with Gasteiger partial charge in [-0.1, -0.05) is 18.2 Å². The predicted molar refractivity (Wildman–Crippen MR) is 69.3 cm³/mol. The number of esters is 1. The molecule has 0 amide bonds. The molecule has 0 atom stereocenters. The van der Waals surface area contributed by atoms with Crippen molar-refractivity contribution in [2.24, 2.45) is 5.73 Å².